The SMILES string of the molecule is CC(C(N)=O)N1C(=O)C(CC(=O)O)Sc2ccccc21. The van der Waals surface area contributed by atoms with Crippen LogP contribution in [-0.2, 0) is 14.4 Å². The van der Waals surface area contributed by atoms with Crippen LogP contribution in [0.4, 0.5) is 5.69 Å². The first-order valence-corrected chi connectivity index (χ1v) is 6.89. The van der Waals surface area contributed by atoms with Gasteiger partial charge in [-0.25, -0.2) is 0 Å². The van der Waals surface area contributed by atoms with Crippen molar-refractivity contribution in [3.05, 3.63) is 24.3 Å². The van der Waals surface area contributed by atoms with Crippen molar-refractivity contribution in [1.82, 2.24) is 0 Å². The Labute approximate surface area is 119 Å². The number of carboxylic acid groups (broad SMARTS) is 1. The van der Waals surface area contributed by atoms with Gasteiger partial charge in [0.15, 0.2) is 0 Å². The Morgan fingerprint density at radius 2 is 2.10 bits per heavy atom. The van der Waals surface area contributed by atoms with Crippen molar-refractivity contribution in [3.63, 3.8) is 0 Å². The molecule has 1 aliphatic rings. The molecule has 6 nitrogen and oxygen atoms in total. The highest BCUT2D eigenvalue weighted by Gasteiger charge is 2.38. The monoisotopic (exact) mass is 294 g/mol. The van der Waals surface area contributed by atoms with E-state index in [1.165, 1.54) is 23.6 Å². The zero-order valence-electron chi connectivity index (χ0n) is 10.8. The van der Waals surface area contributed by atoms with Gasteiger partial charge in [0.25, 0.3) is 0 Å². The Balaban J connectivity index is 2.44. The first-order valence-electron chi connectivity index (χ1n) is 6.01. The van der Waals surface area contributed by atoms with Crippen molar-refractivity contribution in [3.8, 4) is 0 Å². The predicted octanol–water partition coefficient (Wildman–Crippen LogP) is 0.842. The van der Waals surface area contributed by atoms with Crippen LogP contribution in [0.2, 0.25) is 0 Å². The topological polar surface area (TPSA) is 101 Å². The summed E-state index contributed by atoms with van der Waals surface area (Å²) in [7, 11) is 0. The summed E-state index contributed by atoms with van der Waals surface area (Å²) in [5.74, 6) is -2.08. The zero-order chi connectivity index (χ0) is 14.9. The molecule has 0 aromatic heterocycles. The fraction of sp³-hybridized carbons (Fsp3) is 0.308. The van der Waals surface area contributed by atoms with E-state index in [0.29, 0.717) is 5.69 Å². The van der Waals surface area contributed by atoms with Crippen molar-refractivity contribution in [1.29, 1.82) is 0 Å². The number of carbonyl (C=O) groups excluding carboxylic acids is 2. The average Bonchev–Trinajstić information content (AvgIpc) is 2.38. The molecule has 0 spiro atoms. The number of carboxylic acids is 1. The quantitative estimate of drug-likeness (QED) is 0.857. The summed E-state index contributed by atoms with van der Waals surface area (Å²) in [6.07, 6.45) is -0.292. The number of nitrogens with zero attached hydrogens (tertiary/aromatic N) is 1. The minimum atomic E-state index is -1.05. The molecule has 3 N–H and O–H groups in total. The number of para-hydroxylation sites is 1. The lowest BCUT2D eigenvalue weighted by Gasteiger charge is -2.35. The van der Waals surface area contributed by atoms with Crippen LogP contribution >= 0.6 is 11.8 Å². The zero-order valence-corrected chi connectivity index (χ0v) is 11.6. The second-order valence-electron chi connectivity index (χ2n) is 4.46. The lowest BCUT2D eigenvalue weighted by molar-refractivity contribution is -0.138. The summed E-state index contributed by atoms with van der Waals surface area (Å²) >= 11 is 1.20. The smallest absolute Gasteiger partial charge is 0.305 e. The molecule has 7 heteroatoms. The first-order chi connectivity index (χ1) is 9.41. The van der Waals surface area contributed by atoms with E-state index in [1.54, 1.807) is 24.3 Å². The molecule has 0 fully saturated rings. The molecule has 0 aliphatic carbocycles. The van der Waals surface area contributed by atoms with E-state index in [-0.39, 0.29) is 6.42 Å². The minimum Gasteiger partial charge on any atom is -0.481 e. The van der Waals surface area contributed by atoms with Gasteiger partial charge in [0.05, 0.1) is 17.4 Å². The van der Waals surface area contributed by atoms with Gasteiger partial charge in [-0.05, 0) is 19.1 Å². The number of anilines is 1. The number of nitrogens with two attached hydrogens (primary N) is 1. The number of aliphatic carboxylic acids is 1. The van der Waals surface area contributed by atoms with Crippen LogP contribution in [0.1, 0.15) is 13.3 Å². The number of amides is 2. The summed E-state index contributed by atoms with van der Waals surface area (Å²) < 4.78 is 0. The van der Waals surface area contributed by atoms with E-state index < -0.39 is 29.1 Å². The standard InChI is InChI=1S/C13H14N2O4S/c1-7(12(14)18)15-8-4-2-3-5-9(8)20-10(13(15)19)6-11(16)17/h2-5,7,10H,6H2,1H3,(H2,14,18)(H,16,17). The normalized spacial score (nSPS) is 19.4. The lowest BCUT2D eigenvalue weighted by atomic mass is 10.1. The maximum atomic E-state index is 12.4. The maximum Gasteiger partial charge on any atom is 0.305 e. The Morgan fingerprint density at radius 3 is 2.70 bits per heavy atom. The van der Waals surface area contributed by atoms with Gasteiger partial charge >= 0.3 is 5.97 Å². The highest BCUT2D eigenvalue weighted by molar-refractivity contribution is 8.01. The molecule has 106 valence electrons. The molecule has 2 rings (SSSR count). The van der Waals surface area contributed by atoms with Crippen molar-refractivity contribution < 1.29 is 19.5 Å². The fourth-order valence-electron chi connectivity index (χ4n) is 2.05. The lowest BCUT2D eigenvalue weighted by Crippen LogP contribution is -2.51. The highest BCUT2D eigenvalue weighted by atomic mass is 32.2. The summed E-state index contributed by atoms with van der Waals surface area (Å²) in [5, 5.41) is 8.14. The number of carbonyl (C=O) groups is 3. The van der Waals surface area contributed by atoms with Crippen LogP contribution in [0, 0.1) is 0 Å². The van der Waals surface area contributed by atoms with Gasteiger partial charge in [0.2, 0.25) is 11.8 Å². The predicted molar refractivity (Wildman–Crippen MR) is 74.5 cm³/mol. The number of rotatable bonds is 4. The molecule has 0 saturated carbocycles. The van der Waals surface area contributed by atoms with Crippen LogP contribution in [0.25, 0.3) is 0 Å². The number of benzene rings is 1. The summed E-state index contributed by atoms with van der Waals surface area (Å²) in [4.78, 5) is 36.7. The Kier molecular flexibility index (Phi) is 3.99. The van der Waals surface area contributed by atoms with E-state index in [9.17, 15) is 14.4 Å². The summed E-state index contributed by atoms with van der Waals surface area (Å²) in [6, 6.07) is 6.25. The van der Waals surface area contributed by atoms with Gasteiger partial charge in [0.1, 0.15) is 6.04 Å². The van der Waals surface area contributed by atoms with Crippen molar-refractivity contribution in [2.24, 2.45) is 5.73 Å². The second-order valence-corrected chi connectivity index (χ2v) is 5.70. The fourth-order valence-corrected chi connectivity index (χ4v) is 3.24. The van der Waals surface area contributed by atoms with Crippen molar-refractivity contribution >= 4 is 35.2 Å². The molecule has 0 radical (unpaired) electrons. The molecule has 1 aliphatic heterocycles. The number of fused-ring (bicyclic) bond motifs is 1. The van der Waals surface area contributed by atoms with E-state index in [4.69, 9.17) is 10.8 Å². The molecule has 2 amide bonds. The van der Waals surface area contributed by atoms with Gasteiger partial charge in [0, 0.05) is 4.90 Å². The van der Waals surface area contributed by atoms with Crippen LogP contribution < -0.4 is 10.6 Å². The molecule has 2 unspecified atom stereocenters. The van der Waals surface area contributed by atoms with E-state index >= 15 is 0 Å². The van der Waals surface area contributed by atoms with Crippen molar-refractivity contribution in [2.75, 3.05) is 4.90 Å². The number of thioether (sulfide) groups is 1. The van der Waals surface area contributed by atoms with E-state index in [1.807, 2.05) is 0 Å². The second kappa shape index (κ2) is 5.54. The average molecular weight is 294 g/mol. The van der Waals surface area contributed by atoms with Gasteiger partial charge in [-0.1, -0.05) is 12.1 Å². The largest absolute Gasteiger partial charge is 0.481 e. The van der Waals surface area contributed by atoms with E-state index in [0.717, 1.165) is 4.90 Å². The van der Waals surface area contributed by atoms with Crippen LogP contribution in [0.3, 0.4) is 0 Å². The first kappa shape index (κ1) is 14.4. The number of hydrogen-bond donors (Lipinski definition) is 2. The third kappa shape index (κ3) is 2.62. The summed E-state index contributed by atoms with van der Waals surface area (Å²) in [5.41, 5.74) is 5.87. The third-order valence-electron chi connectivity index (χ3n) is 3.07. The molecule has 20 heavy (non-hydrogen) atoms. The van der Waals surface area contributed by atoms with Crippen molar-refractivity contribution in [2.45, 2.75) is 29.5 Å². The molecule has 2 atom stereocenters. The molecular weight excluding hydrogens is 280 g/mol. The minimum absolute atomic E-state index is 0.292. The van der Waals surface area contributed by atoms with Crippen LogP contribution in [0.15, 0.2) is 29.2 Å². The van der Waals surface area contributed by atoms with E-state index in [2.05, 4.69) is 0 Å². The Hall–Kier alpha value is -2.02. The van der Waals surface area contributed by atoms with Crippen LogP contribution in [0.5, 0.6) is 0 Å². The molecule has 0 bridgehead atoms. The third-order valence-corrected chi connectivity index (χ3v) is 4.32. The number of hydrogen-bond acceptors (Lipinski definition) is 4. The molecule has 1 aromatic rings. The van der Waals surface area contributed by atoms with Gasteiger partial charge < -0.3 is 10.8 Å². The number of primary amides is 1. The van der Waals surface area contributed by atoms with Gasteiger partial charge in [-0.15, -0.1) is 11.8 Å². The maximum absolute atomic E-state index is 12.4. The molecular formula is C13H14N2O4S. The Morgan fingerprint density at radius 1 is 1.45 bits per heavy atom. The van der Waals surface area contributed by atoms with Crippen LogP contribution in [-0.4, -0.2) is 34.2 Å². The highest BCUT2D eigenvalue weighted by Crippen LogP contribution is 2.41. The van der Waals surface area contributed by atoms with Gasteiger partial charge in [-0.3, -0.25) is 19.3 Å². The molecule has 0 saturated heterocycles. The molecule has 1 aromatic carbocycles. The Bertz CT molecular complexity index is 575. The summed E-state index contributed by atoms with van der Waals surface area (Å²) in [6.45, 7) is 1.53. The molecule has 1 heterocycles. The van der Waals surface area contributed by atoms with Gasteiger partial charge in [-0.2, -0.15) is 0 Å².